The number of likely N-dealkylation sites (N-methyl/N-ethyl adjacent to an activating group) is 1. The molecule has 2 aromatic carbocycles. The summed E-state index contributed by atoms with van der Waals surface area (Å²) in [6, 6.07) is 16.0. The number of nitrogens with one attached hydrogen (secondary N) is 1. The largest absolute Gasteiger partial charge is 0.497 e. The molecule has 0 aliphatic carbocycles. The smallest absolute Gasteiger partial charge is 0.193 e. The van der Waals surface area contributed by atoms with E-state index in [-0.39, 0.29) is 6.04 Å². The first-order valence-electron chi connectivity index (χ1n) is 8.49. The number of benzene rings is 2. The molecule has 0 spiro atoms. The van der Waals surface area contributed by atoms with Gasteiger partial charge in [-0.15, -0.1) is 0 Å². The Kier molecular flexibility index (Phi) is 7.44. The van der Waals surface area contributed by atoms with Crippen molar-refractivity contribution in [2.45, 2.75) is 12.6 Å². The number of methoxy groups -OCH3 is 2. The zero-order valence-corrected chi connectivity index (χ0v) is 15.9. The van der Waals surface area contributed by atoms with Crippen LogP contribution >= 0.6 is 0 Å². The summed E-state index contributed by atoms with van der Waals surface area (Å²) in [5, 5.41) is 3.17. The van der Waals surface area contributed by atoms with E-state index < -0.39 is 0 Å². The second kappa shape index (κ2) is 9.79. The topological polar surface area (TPSA) is 72.1 Å². The summed E-state index contributed by atoms with van der Waals surface area (Å²) in [6.45, 7) is 1.05. The number of nitrogens with two attached hydrogens (primary N) is 1. The molecule has 0 aliphatic heterocycles. The van der Waals surface area contributed by atoms with Crippen LogP contribution in [0.4, 0.5) is 5.69 Å². The van der Waals surface area contributed by atoms with Crippen molar-refractivity contribution in [3.63, 3.8) is 0 Å². The van der Waals surface area contributed by atoms with E-state index in [1.807, 2.05) is 56.6 Å². The van der Waals surface area contributed by atoms with Crippen LogP contribution in [0.1, 0.15) is 17.2 Å². The lowest BCUT2D eigenvalue weighted by atomic mass is 10.1. The minimum Gasteiger partial charge on any atom is -0.497 e. The molecule has 1 atom stereocenters. The summed E-state index contributed by atoms with van der Waals surface area (Å²) < 4.78 is 10.5. The molecule has 1 unspecified atom stereocenters. The van der Waals surface area contributed by atoms with Crippen molar-refractivity contribution in [3.05, 3.63) is 59.7 Å². The molecule has 2 aromatic rings. The zero-order valence-electron chi connectivity index (χ0n) is 15.9. The monoisotopic (exact) mass is 356 g/mol. The van der Waals surface area contributed by atoms with Gasteiger partial charge < -0.3 is 25.4 Å². The molecular formula is C20H28N4O2. The second-order valence-electron chi connectivity index (χ2n) is 6.20. The summed E-state index contributed by atoms with van der Waals surface area (Å²) >= 11 is 0. The van der Waals surface area contributed by atoms with E-state index in [0.717, 1.165) is 22.6 Å². The van der Waals surface area contributed by atoms with Crippen molar-refractivity contribution in [3.8, 4) is 5.75 Å². The number of para-hydroxylation sites is 1. The van der Waals surface area contributed by atoms with Gasteiger partial charge in [-0.1, -0.05) is 30.3 Å². The number of nitrogens with zero attached hydrogens (tertiary/aromatic N) is 2. The van der Waals surface area contributed by atoms with Crippen LogP contribution in [0.25, 0.3) is 0 Å². The Labute approximate surface area is 155 Å². The Hall–Kier alpha value is -2.57. The standard InChI is InChI=1S/C20H28N4O2/c1-24(2)19(15-9-7-10-17(12-15)26-4)13-22-20(21)23-18-11-6-5-8-16(18)14-25-3/h5-12,19H,13-14H2,1-4H3,(H3,21,22,23). The average Bonchev–Trinajstić information content (AvgIpc) is 2.63. The molecule has 0 saturated heterocycles. The fraction of sp³-hybridized carbons (Fsp3) is 0.350. The molecule has 0 aromatic heterocycles. The van der Waals surface area contributed by atoms with E-state index in [0.29, 0.717) is 19.1 Å². The average molecular weight is 356 g/mol. The van der Waals surface area contributed by atoms with Gasteiger partial charge in [0.05, 0.1) is 26.3 Å². The van der Waals surface area contributed by atoms with Gasteiger partial charge >= 0.3 is 0 Å². The fourth-order valence-electron chi connectivity index (χ4n) is 2.70. The van der Waals surface area contributed by atoms with Gasteiger partial charge in [0.15, 0.2) is 5.96 Å². The number of hydrogen-bond donors (Lipinski definition) is 2. The van der Waals surface area contributed by atoms with Crippen molar-refractivity contribution < 1.29 is 9.47 Å². The van der Waals surface area contributed by atoms with Crippen LogP contribution in [-0.2, 0) is 11.3 Å². The van der Waals surface area contributed by atoms with Gasteiger partial charge in [-0.25, -0.2) is 0 Å². The third kappa shape index (κ3) is 5.47. The van der Waals surface area contributed by atoms with E-state index in [2.05, 4.69) is 21.3 Å². The first-order chi connectivity index (χ1) is 12.5. The highest BCUT2D eigenvalue weighted by atomic mass is 16.5. The molecule has 0 amide bonds. The van der Waals surface area contributed by atoms with E-state index in [1.165, 1.54) is 0 Å². The Balaban J connectivity index is 2.12. The van der Waals surface area contributed by atoms with Crippen LogP contribution in [0.5, 0.6) is 5.75 Å². The predicted molar refractivity (Wildman–Crippen MR) is 107 cm³/mol. The molecule has 0 radical (unpaired) electrons. The van der Waals surface area contributed by atoms with Crippen LogP contribution in [0.3, 0.4) is 0 Å². The minimum atomic E-state index is 0.0969. The van der Waals surface area contributed by atoms with Crippen LogP contribution in [0.2, 0.25) is 0 Å². The molecule has 0 aliphatic rings. The van der Waals surface area contributed by atoms with Crippen LogP contribution in [0, 0.1) is 0 Å². The third-order valence-electron chi connectivity index (χ3n) is 4.12. The number of ether oxygens (including phenoxy) is 2. The Morgan fingerprint density at radius 1 is 1.15 bits per heavy atom. The molecule has 26 heavy (non-hydrogen) atoms. The molecule has 0 fully saturated rings. The molecule has 0 bridgehead atoms. The molecule has 140 valence electrons. The highest BCUT2D eigenvalue weighted by molar-refractivity contribution is 5.93. The Morgan fingerprint density at radius 3 is 2.62 bits per heavy atom. The lowest BCUT2D eigenvalue weighted by Gasteiger charge is -2.23. The van der Waals surface area contributed by atoms with Gasteiger partial charge in [-0.3, -0.25) is 4.99 Å². The summed E-state index contributed by atoms with van der Waals surface area (Å²) in [5.74, 6) is 1.21. The predicted octanol–water partition coefficient (Wildman–Crippen LogP) is 2.87. The summed E-state index contributed by atoms with van der Waals surface area (Å²) in [6.07, 6.45) is 0. The van der Waals surface area contributed by atoms with Crippen molar-refractivity contribution in [2.75, 3.05) is 40.2 Å². The van der Waals surface area contributed by atoms with E-state index >= 15 is 0 Å². The van der Waals surface area contributed by atoms with Gasteiger partial charge in [0.2, 0.25) is 0 Å². The Morgan fingerprint density at radius 2 is 1.92 bits per heavy atom. The van der Waals surface area contributed by atoms with E-state index in [1.54, 1.807) is 14.2 Å². The van der Waals surface area contributed by atoms with Crippen molar-refractivity contribution >= 4 is 11.6 Å². The van der Waals surface area contributed by atoms with Gasteiger partial charge in [-0.2, -0.15) is 0 Å². The van der Waals surface area contributed by atoms with Crippen molar-refractivity contribution in [2.24, 2.45) is 10.7 Å². The lowest BCUT2D eigenvalue weighted by Crippen LogP contribution is -2.27. The van der Waals surface area contributed by atoms with Gasteiger partial charge in [0, 0.05) is 18.4 Å². The maximum atomic E-state index is 6.11. The molecule has 6 nitrogen and oxygen atoms in total. The highest BCUT2D eigenvalue weighted by Gasteiger charge is 2.14. The number of hydrogen-bond acceptors (Lipinski definition) is 4. The summed E-state index contributed by atoms with van der Waals surface area (Å²) in [5.41, 5.74) is 9.17. The van der Waals surface area contributed by atoms with E-state index in [9.17, 15) is 0 Å². The molecule has 0 saturated carbocycles. The van der Waals surface area contributed by atoms with Crippen LogP contribution in [-0.4, -0.2) is 45.7 Å². The van der Waals surface area contributed by atoms with Gasteiger partial charge in [0.25, 0.3) is 0 Å². The number of anilines is 1. The maximum absolute atomic E-state index is 6.11. The fourth-order valence-corrected chi connectivity index (χ4v) is 2.70. The van der Waals surface area contributed by atoms with Crippen molar-refractivity contribution in [1.29, 1.82) is 0 Å². The number of rotatable bonds is 8. The molecule has 6 heteroatoms. The van der Waals surface area contributed by atoms with Crippen LogP contribution < -0.4 is 15.8 Å². The van der Waals surface area contributed by atoms with Crippen molar-refractivity contribution in [1.82, 2.24) is 4.90 Å². The minimum absolute atomic E-state index is 0.0969. The first kappa shape index (κ1) is 19.8. The lowest BCUT2D eigenvalue weighted by molar-refractivity contribution is 0.185. The molecule has 2 rings (SSSR count). The summed E-state index contributed by atoms with van der Waals surface area (Å²) in [7, 11) is 7.39. The highest BCUT2D eigenvalue weighted by Crippen LogP contribution is 2.23. The van der Waals surface area contributed by atoms with Crippen LogP contribution in [0.15, 0.2) is 53.5 Å². The third-order valence-corrected chi connectivity index (χ3v) is 4.12. The first-order valence-corrected chi connectivity index (χ1v) is 8.49. The Bertz CT molecular complexity index is 731. The quantitative estimate of drug-likeness (QED) is 0.562. The normalized spacial score (nSPS) is 12.9. The molecule has 3 N–H and O–H groups in total. The number of guanidine groups is 1. The maximum Gasteiger partial charge on any atom is 0.193 e. The van der Waals surface area contributed by atoms with Gasteiger partial charge in [-0.05, 0) is 37.9 Å². The molecule has 0 heterocycles. The second-order valence-corrected chi connectivity index (χ2v) is 6.20. The summed E-state index contributed by atoms with van der Waals surface area (Å²) in [4.78, 5) is 6.65. The molecular weight excluding hydrogens is 328 g/mol. The number of aliphatic imine (C=N–C) groups is 1. The SMILES string of the molecule is COCc1ccccc1NC(N)=NCC(c1cccc(OC)c1)N(C)C. The van der Waals surface area contributed by atoms with E-state index in [4.69, 9.17) is 15.2 Å². The van der Waals surface area contributed by atoms with Gasteiger partial charge in [0.1, 0.15) is 5.75 Å². The zero-order chi connectivity index (χ0) is 18.9.